The number of amides is 1. The molecule has 3 nitrogen and oxygen atoms in total. The fraction of sp³-hybridized carbons (Fsp3) is 0.938. The fourth-order valence-corrected chi connectivity index (χ4v) is 3.33. The highest BCUT2D eigenvalue weighted by Crippen LogP contribution is 2.39. The molecule has 1 N–H and O–H groups in total. The summed E-state index contributed by atoms with van der Waals surface area (Å²) in [5.74, 6) is 1.64. The highest BCUT2D eigenvalue weighted by molar-refractivity contribution is 6.17. The lowest BCUT2D eigenvalue weighted by atomic mass is 9.69. The molecule has 1 aliphatic carbocycles. The van der Waals surface area contributed by atoms with Gasteiger partial charge in [0.2, 0.25) is 5.91 Å². The van der Waals surface area contributed by atoms with Crippen LogP contribution in [0.3, 0.4) is 0 Å². The Morgan fingerprint density at radius 3 is 2.35 bits per heavy atom. The second kappa shape index (κ2) is 8.23. The van der Waals surface area contributed by atoms with Crippen LogP contribution in [-0.4, -0.2) is 31.5 Å². The largest absolute Gasteiger partial charge is 0.383 e. The van der Waals surface area contributed by atoms with Crippen molar-refractivity contribution in [3.8, 4) is 0 Å². The molecule has 0 radical (unpaired) electrons. The predicted octanol–water partition coefficient (Wildman–Crippen LogP) is 3.60. The molecule has 1 fully saturated rings. The fourth-order valence-electron chi connectivity index (χ4n) is 3.07. The summed E-state index contributed by atoms with van der Waals surface area (Å²) in [5, 5.41) is 3.09. The molecular weight excluding hydrogens is 274 g/mol. The van der Waals surface area contributed by atoms with Gasteiger partial charge in [-0.3, -0.25) is 4.79 Å². The minimum atomic E-state index is 0.0466. The summed E-state index contributed by atoms with van der Waals surface area (Å²) < 4.78 is 5.13. The Balaban J connectivity index is 2.42. The topological polar surface area (TPSA) is 38.3 Å². The van der Waals surface area contributed by atoms with Gasteiger partial charge in [-0.2, -0.15) is 0 Å². The number of alkyl halides is 1. The summed E-state index contributed by atoms with van der Waals surface area (Å²) in [5.41, 5.74) is 0.360. The maximum atomic E-state index is 12.3. The van der Waals surface area contributed by atoms with Gasteiger partial charge in [0.25, 0.3) is 0 Å². The van der Waals surface area contributed by atoms with E-state index in [2.05, 4.69) is 26.1 Å². The zero-order chi connectivity index (χ0) is 15.2. The number of hydrogen-bond donors (Lipinski definition) is 1. The van der Waals surface area contributed by atoms with Gasteiger partial charge in [-0.1, -0.05) is 20.8 Å². The Hall–Kier alpha value is -0.280. The second-order valence-electron chi connectivity index (χ2n) is 7.05. The van der Waals surface area contributed by atoms with Crippen molar-refractivity contribution in [2.45, 2.75) is 58.9 Å². The number of nitrogens with one attached hydrogen (secondary N) is 1. The molecule has 4 heteroatoms. The third-order valence-electron chi connectivity index (χ3n) is 4.49. The maximum Gasteiger partial charge on any atom is 0.223 e. The summed E-state index contributed by atoms with van der Waals surface area (Å²) in [6, 6.07) is 0.0466. The Bertz CT molecular complexity index is 287. The van der Waals surface area contributed by atoms with Crippen molar-refractivity contribution < 1.29 is 9.53 Å². The van der Waals surface area contributed by atoms with E-state index in [-0.39, 0.29) is 17.9 Å². The van der Waals surface area contributed by atoms with E-state index in [4.69, 9.17) is 16.3 Å². The van der Waals surface area contributed by atoms with E-state index in [1.54, 1.807) is 7.11 Å². The van der Waals surface area contributed by atoms with Crippen LogP contribution in [0.5, 0.6) is 0 Å². The lowest BCUT2D eigenvalue weighted by Crippen LogP contribution is -2.43. The van der Waals surface area contributed by atoms with E-state index < -0.39 is 0 Å². The van der Waals surface area contributed by atoms with E-state index in [0.29, 0.717) is 17.9 Å². The number of ether oxygens (including phenoxy) is 1. The Kier molecular flexibility index (Phi) is 7.32. The molecule has 0 aromatic rings. The lowest BCUT2D eigenvalue weighted by Gasteiger charge is -2.36. The van der Waals surface area contributed by atoms with E-state index in [1.165, 1.54) is 0 Å². The molecule has 0 heterocycles. The third kappa shape index (κ3) is 5.61. The first-order valence-corrected chi connectivity index (χ1v) is 8.27. The summed E-state index contributed by atoms with van der Waals surface area (Å²) >= 11 is 5.76. The molecule has 0 bridgehead atoms. The first-order chi connectivity index (χ1) is 9.38. The van der Waals surface area contributed by atoms with E-state index in [1.807, 2.05) is 0 Å². The number of halogens is 1. The van der Waals surface area contributed by atoms with E-state index >= 15 is 0 Å². The summed E-state index contributed by atoms with van der Waals surface area (Å²) in [7, 11) is 1.65. The zero-order valence-corrected chi connectivity index (χ0v) is 14.1. The van der Waals surface area contributed by atoms with Gasteiger partial charge in [0.1, 0.15) is 0 Å². The molecule has 118 valence electrons. The Morgan fingerprint density at radius 1 is 1.30 bits per heavy atom. The van der Waals surface area contributed by atoms with Crippen LogP contribution in [0.25, 0.3) is 0 Å². The first-order valence-electron chi connectivity index (χ1n) is 7.73. The van der Waals surface area contributed by atoms with Crippen LogP contribution in [0.2, 0.25) is 0 Å². The van der Waals surface area contributed by atoms with Crippen molar-refractivity contribution in [3.05, 3.63) is 0 Å². The molecule has 1 saturated carbocycles. The highest BCUT2D eigenvalue weighted by atomic mass is 35.5. The van der Waals surface area contributed by atoms with Crippen LogP contribution in [0.1, 0.15) is 52.9 Å². The minimum absolute atomic E-state index is 0.0466. The summed E-state index contributed by atoms with van der Waals surface area (Å²) in [4.78, 5) is 12.3. The molecule has 0 spiro atoms. The van der Waals surface area contributed by atoms with Crippen molar-refractivity contribution in [1.29, 1.82) is 0 Å². The number of methoxy groups -OCH3 is 1. The van der Waals surface area contributed by atoms with Crippen LogP contribution < -0.4 is 5.32 Å². The van der Waals surface area contributed by atoms with Gasteiger partial charge in [-0.05, 0) is 43.4 Å². The van der Waals surface area contributed by atoms with Gasteiger partial charge in [-0.25, -0.2) is 0 Å². The first kappa shape index (κ1) is 17.8. The zero-order valence-electron chi connectivity index (χ0n) is 13.4. The molecule has 0 aliphatic heterocycles. The highest BCUT2D eigenvalue weighted by Gasteiger charge is 2.32. The average molecular weight is 304 g/mol. The van der Waals surface area contributed by atoms with Gasteiger partial charge in [0.15, 0.2) is 0 Å². The van der Waals surface area contributed by atoms with Crippen LogP contribution >= 0.6 is 11.6 Å². The van der Waals surface area contributed by atoms with Crippen molar-refractivity contribution in [2.75, 3.05) is 19.6 Å². The van der Waals surface area contributed by atoms with Crippen molar-refractivity contribution >= 4 is 17.5 Å². The van der Waals surface area contributed by atoms with Crippen LogP contribution in [0.4, 0.5) is 0 Å². The molecule has 0 aromatic heterocycles. The molecule has 0 aromatic carbocycles. The Morgan fingerprint density at radius 2 is 1.90 bits per heavy atom. The smallest absolute Gasteiger partial charge is 0.223 e. The van der Waals surface area contributed by atoms with Gasteiger partial charge >= 0.3 is 0 Å². The molecule has 1 aliphatic rings. The molecule has 1 unspecified atom stereocenters. The average Bonchev–Trinajstić information content (AvgIpc) is 2.38. The van der Waals surface area contributed by atoms with E-state index in [0.717, 1.165) is 38.0 Å². The predicted molar refractivity (Wildman–Crippen MR) is 84.0 cm³/mol. The summed E-state index contributed by atoms with van der Waals surface area (Å²) in [6.07, 6.45) is 5.10. The number of hydrogen-bond acceptors (Lipinski definition) is 2. The number of carbonyl (C=O) groups excluding carboxylic acids is 1. The standard InChI is InChI=1S/C16H30ClNO2/c1-16(2,3)13-7-5-12(6-8-13)15(19)18-14(9-10-17)11-20-4/h12-14H,5-11H2,1-4H3,(H,18,19). The monoisotopic (exact) mass is 303 g/mol. The minimum Gasteiger partial charge on any atom is -0.383 e. The van der Waals surface area contributed by atoms with Crippen LogP contribution in [0, 0.1) is 17.3 Å². The molecule has 0 saturated heterocycles. The quantitative estimate of drug-likeness (QED) is 0.761. The number of rotatable bonds is 6. The van der Waals surface area contributed by atoms with E-state index in [9.17, 15) is 4.79 Å². The van der Waals surface area contributed by atoms with Gasteiger partial charge in [0, 0.05) is 18.9 Å². The molecular formula is C16H30ClNO2. The lowest BCUT2D eigenvalue weighted by molar-refractivity contribution is -0.127. The van der Waals surface area contributed by atoms with Crippen molar-refractivity contribution in [1.82, 2.24) is 5.32 Å². The summed E-state index contributed by atoms with van der Waals surface area (Å²) in [6.45, 7) is 7.43. The van der Waals surface area contributed by atoms with Gasteiger partial charge in [0.05, 0.1) is 12.6 Å². The molecule has 1 atom stereocenters. The molecule has 1 amide bonds. The molecule has 1 rings (SSSR count). The number of carbonyl (C=O) groups is 1. The van der Waals surface area contributed by atoms with Crippen LogP contribution in [0.15, 0.2) is 0 Å². The van der Waals surface area contributed by atoms with Gasteiger partial charge < -0.3 is 10.1 Å². The van der Waals surface area contributed by atoms with Crippen molar-refractivity contribution in [3.63, 3.8) is 0 Å². The maximum absolute atomic E-state index is 12.3. The normalized spacial score (nSPS) is 25.2. The van der Waals surface area contributed by atoms with Crippen LogP contribution in [-0.2, 0) is 9.53 Å². The third-order valence-corrected chi connectivity index (χ3v) is 4.71. The van der Waals surface area contributed by atoms with Gasteiger partial charge in [-0.15, -0.1) is 11.6 Å². The molecule has 20 heavy (non-hydrogen) atoms. The van der Waals surface area contributed by atoms with Crippen molar-refractivity contribution in [2.24, 2.45) is 17.3 Å². The Labute approximate surface area is 128 Å². The SMILES string of the molecule is COCC(CCCl)NC(=O)C1CCC(C(C)(C)C)CC1. The second-order valence-corrected chi connectivity index (χ2v) is 7.43.